The molecule has 27 heavy (non-hydrogen) atoms. The number of quaternary nitrogens is 1. The predicted molar refractivity (Wildman–Crippen MR) is 111 cm³/mol. The number of rotatable bonds is 9. The Kier molecular flexibility index (Phi) is 9.33. The van der Waals surface area contributed by atoms with Gasteiger partial charge in [0.2, 0.25) is 0 Å². The third-order valence-electron chi connectivity index (χ3n) is 4.35. The largest absolute Gasteiger partial charge is 1.00 e. The smallest absolute Gasteiger partial charge is 0.269 e. The summed E-state index contributed by atoms with van der Waals surface area (Å²) in [6.07, 6.45) is 0. The van der Waals surface area contributed by atoms with Gasteiger partial charge in [0.15, 0.2) is 0 Å². The molecule has 8 heteroatoms. The summed E-state index contributed by atoms with van der Waals surface area (Å²) < 4.78 is 0.642. The van der Waals surface area contributed by atoms with Crippen molar-refractivity contribution in [3.63, 3.8) is 0 Å². The maximum atomic E-state index is 10.8. The van der Waals surface area contributed by atoms with E-state index in [2.05, 4.69) is 43.3 Å². The number of halogens is 3. The second-order valence-electron chi connectivity index (χ2n) is 6.65. The fourth-order valence-corrected chi connectivity index (χ4v) is 3.32. The van der Waals surface area contributed by atoms with Crippen LogP contribution in [0, 0.1) is 10.1 Å². The summed E-state index contributed by atoms with van der Waals surface area (Å²) in [6, 6.07) is 15.1. The summed E-state index contributed by atoms with van der Waals surface area (Å²) in [5, 5.41) is 10.8. The third-order valence-corrected chi connectivity index (χ3v) is 4.69. The highest BCUT2D eigenvalue weighted by atomic mass is 35.5. The predicted octanol–water partition coefficient (Wildman–Crippen LogP) is 1.65. The average Bonchev–Trinajstić information content (AvgIpc) is 2.62. The normalized spacial score (nSPS) is 11.0. The number of hydrogen-bond donors (Lipinski definition) is 0. The number of non-ortho nitro benzene ring substituents is 1. The Morgan fingerprint density at radius 2 is 1.48 bits per heavy atom. The zero-order valence-electron chi connectivity index (χ0n) is 15.4. The molecule has 2 aromatic carbocycles. The van der Waals surface area contributed by atoms with E-state index < -0.39 is 0 Å². The lowest BCUT2D eigenvalue weighted by Gasteiger charge is -2.30. The first-order chi connectivity index (χ1) is 12.4. The lowest BCUT2D eigenvalue weighted by Crippen LogP contribution is -3.00. The molecule has 5 nitrogen and oxygen atoms in total. The molecule has 2 rings (SSSR count). The van der Waals surface area contributed by atoms with Crippen molar-refractivity contribution in [3.8, 4) is 0 Å². The van der Waals surface area contributed by atoms with E-state index >= 15 is 0 Å². The molecule has 0 unspecified atom stereocenters. The van der Waals surface area contributed by atoms with Crippen molar-refractivity contribution >= 4 is 40.3 Å². The minimum absolute atomic E-state index is 0. The van der Waals surface area contributed by atoms with Gasteiger partial charge < -0.3 is 17.3 Å². The van der Waals surface area contributed by atoms with Crippen LogP contribution in [0.1, 0.15) is 5.56 Å². The van der Waals surface area contributed by atoms with Gasteiger partial charge in [-0.3, -0.25) is 14.6 Å². The highest BCUT2D eigenvalue weighted by Crippen LogP contribution is 2.26. The van der Waals surface area contributed by atoms with E-state index in [1.54, 1.807) is 12.1 Å². The Morgan fingerprint density at radius 3 is 1.93 bits per heavy atom. The first-order valence-electron chi connectivity index (χ1n) is 8.41. The van der Waals surface area contributed by atoms with Crippen molar-refractivity contribution in [2.24, 2.45) is 0 Å². The zero-order valence-corrected chi connectivity index (χ0v) is 17.7. The van der Waals surface area contributed by atoms with Crippen LogP contribution < -0.4 is 21.8 Å². The van der Waals surface area contributed by atoms with Gasteiger partial charge in [0.1, 0.15) is 12.2 Å². The molecule has 0 heterocycles. The number of benzene rings is 2. The van der Waals surface area contributed by atoms with Gasteiger partial charge in [-0.05, 0) is 24.3 Å². The first-order valence-corrected chi connectivity index (χ1v) is 9.48. The molecule has 0 aromatic heterocycles. The number of nitro benzene ring substituents is 1. The molecule has 0 spiro atoms. The number of nitrogens with zero attached hydrogens (tertiary/aromatic N) is 3. The van der Waals surface area contributed by atoms with Crippen LogP contribution in [0.5, 0.6) is 0 Å². The van der Waals surface area contributed by atoms with Gasteiger partial charge in [0, 0.05) is 60.4 Å². The molecule has 0 aliphatic heterocycles. The molecule has 2 aromatic rings. The van der Waals surface area contributed by atoms with Crippen LogP contribution in [0.15, 0.2) is 48.5 Å². The van der Waals surface area contributed by atoms with E-state index in [0.717, 1.165) is 36.6 Å². The molecule has 0 saturated heterocycles. The Balaban J connectivity index is 0.00000364. The Labute approximate surface area is 176 Å². The number of anilines is 1. The van der Waals surface area contributed by atoms with Crippen LogP contribution in [-0.2, 0) is 6.54 Å². The summed E-state index contributed by atoms with van der Waals surface area (Å²) in [7, 11) is 4.23. The van der Waals surface area contributed by atoms with Crippen molar-refractivity contribution in [2.75, 3.05) is 43.8 Å². The molecule has 0 amide bonds. The maximum Gasteiger partial charge on any atom is 0.269 e. The van der Waals surface area contributed by atoms with E-state index in [1.165, 1.54) is 0 Å². The number of alkyl halides is 2. The highest BCUT2D eigenvalue weighted by Gasteiger charge is 2.20. The van der Waals surface area contributed by atoms with Gasteiger partial charge in [-0.25, -0.2) is 0 Å². The van der Waals surface area contributed by atoms with Gasteiger partial charge in [-0.15, -0.1) is 23.2 Å². The third kappa shape index (κ3) is 6.54. The van der Waals surface area contributed by atoms with Crippen LogP contribution in [0.2, 0.25) is 0 Å². The topological polar surface area (TPSA) is 46.4 Å². The van der Waals surface area contributed by atoms with Crippen LogP contribution in [0.3, 0.4) is 0 Å². The van der Waals surface area contributed by atoms with E-state index in [1.807, 2.05) is 12.1 Å². The van der Waals surface area contributed by atoms with E-state index in [9.17, 15) is 10.1 Å². The van der Waals surface area contributed by atoms with Gasteiger partial charge >= 0.3 is 0 Å². The molecule has 0 aliphatic carbocycles. The van der Waals surface area contributed by atoms with Crippen molar-refractivity contribution < 1.29 is 17.3 Å². The zero-order chi connectivity index (χ0) is 19.2. The fraction of sp³-hybridized carbons (Fsp3) is 0.368. The quantitative estimate of drug-likeness (QED) is 0.262. The fourth-order valence-electron chi connectivity index (χ4n) is 2.91. The molecule has 148 valence electrons. The second kappa shape index (κ2) is 10.7. The second-order valence-corrected chi connectivity index (χ2v) is 7.40. The van der Waals surface area contributed by atoms with Crippen LogP contribution >= 0.6 is 23.2 Å². The van der Waals surface area contributed by atoms with Gasteiger partial charge in [0.25, 0.3) is 5.69 Å². The molecular weight excluding hydrogens is 409 g/mol. The molecule has 0 radical (unpaired) electrons. The summed E-state index contributed by atoms with van der Waals surface area (Å²) >= 11 is 11.8. The summed E-state index contributed by atoms with van der Waals surface area (Å²) in [6.45, 7) is 2.26. The number of nitro groups is 1. The molecule has 0 bridgehead atoms. The van der Waals surface area contributed by atoms with Crippen molar-refractivity contribution in [1.82, 2.24) is 4.48 Å². The van der Waals surface area contributed by atoms with Crippen LogP contribution in [0.4, 0.5) is 17.1 Å². The molecule has 0 atom stereocenters. The minimum atomic E-state index is -0.379. The van der Waals surface area contributed by atoms with Crippen molar-refractivity contribution in [3.05, 3.63) is 64.2 Å². The Hall–Kier alpha value is -1.53. The van der Waals surface area contributed by atoms with Crippen molar-refractivity contribution in [2.45, 2.75) is 6.54 Å². The van der Waals surface area contributed by atoms with Crippen molar-refractivity contribution in [1.29, 1.82) is 0 Å². The molecule has 0 N–H and O–H groups in total. The lowest BCUT2D eigenvalue weighted by atomic mass is 10.1. The van der Waals surface area contributed by atoms with Gasteiger partial charge in [-0.2, -0.15) is 0 Å². The Bertz CT molecular complexity index is 716. The summed E-state index contributed by atoms with van der Waals surface area (Å²) in [5.74, 6) is 1.11. The van der Waals surface area contributed by atoms with Crippen LogP contribution in [0.25, 0.3) is 0 Å². The lowest BCUT2D eigenvalue weighted by molar-refractivity contribution is -0.384. The highest BCUT2D eigenvalue weighted by molar-refractivity contribution is 6.18. The van der Waals surface area contributed by atoms with Crippen LogP contribution in [-0.4, -0.2) is 43.9 Å². The minimum Gasteiger partial charge on any atom is -1.00 e. The molecular formula is C19H24Cl3N3O2. The van der Waals surface area contributed by atoms with Gasteiger partial charge in [-0.1, -0.05) is 0 Å². The van der Waals surface area contributed by atoms with E-state index in [-0.39, 0.29) is 23.0 Å². The SMILES string of the molecule is C[N+](C)(Cc1ccc([N+](=O)[O-])cc1)c1ccc(N(CCCl)CCCl)cc1.[Cl-]. The molecule has 0 aliphatic rings. The van der Waals surface area contributed by atoms with E-state index in [4.69, 9.17) is 23.2 Å². The Morgan fingerprint density at radius 1 is 0.963 bits per heavy atom. The molecule has 0 saturated carbocycles. The maximum absolute atomic E-state index is 10.8. The average molecular weight is 433 g/mol. The molecule has 0 fully saturated rings. The van der Waals surface area contributed by atoms with Gasteiger partial charge in [0.05, 0.1) is 19.0 Å². The standard InChI is InChI=1S/C19H24Cl2N3O2.ClH/c1-24(2,15-16-3-5-18(6-4-16)23(25)26)19-9-7-17(8-10-19)22(13-11-20)14-12-21;/h3-10H,11-15H2,1-2H3;1H/q+1;/p-1. The summed E-state index contributed by atoms with van der Waals surface area (Å²) in [5.41, 5.74) is 3.42. The first kappa shape index (κ1) is 23.5. The monoisotopic (exact) mass is 431 g/mol. The van der Waals surface area contributed by atoms with E-state index in [0.29, 0.717) is 16.2 Å². The number of hydrogen-bond acceptors (Lipinski definition) is 3. The summed E-state index contributed by atoms with van der Waals surface area (Å²) in [4.78, 5) is 12.6.